The molecule has 1 atom stereocenters. The molecule has 8 heteroatoms. The minimum Gasteiger partial charge on any atom is -0.454 e. The van der Waals surface area contributed by atoms with E-state index in [1.807, 2.05) is 13.8 Å². The molecule has 0 bridgehead atoms. The van der Waals surface area contributed by atoms with Gasteiger partial charge in [-0.2, -0.15) is 4.98 Å². The zero-order valence-corrected chi connectivity index (χ0v) is 14.8. The Morgan fingerprint density at radius 1 is 1.27 bits per heavy atom. The van der Waals surface area contributed by atoms with Gasteiger partial charge in [-0.1, -0.05) is 25.1 Å². The summed E-state index contributed by atoms with van der Waals surface area (Å²) in [5.74, 6) is 1.20. The highest BCUT2D eigenvalue weighted by molar-refractivity contribution is 5.91. The van der Waals surface area contributed by atoms with Gasteiger partial charge >= 0.3 is 0 Å². The highest BCUT2D eigenvalue weighted by atomic mass is 16.5. The first-order valence-electron chi connectivity index (χ1n) is 8.29. The number of rotatable bonds is 6. The SMILES string of the molecule is Cc1noc([C@H](NC(=O)c2ccc(Cn3ccccc3=O)o2)C(C)C)n1. The second kappa shape index (κ2) is 7.38. The Balaban J connectivity index is 1.73. The normalized spacial score (nSPS) is 12.3. The third kappa shape index (κ3) is 3.90. The van der Waals surface area contributed by atoms with Gasteiger partial charge in [0.05, 0.1) is 6.54 Å². The number of aromatic nitrogens is 3. The molecule has 3 aromatic heterocycles. The molecular weight excluding hydrogens is 336 g/mol. The minimum absolute atomic E-state index is 0.0520. The molecular formula is C18H20N4O4. The van der Waals surface area contributed by atoms with Crippen molar-refractivity contribution in [3.8, 4) is 0 Å². The van der Waals surface area contributed by atoms with Crippen LogP contribution in [0, 0.1) is 12.8 Å². The second-order valence-corrected chi connectivity index (χ2v) is 6.31. The lowest BCUT2D eigenvalue weighted by atomic mass is 10.0. The van der Waals surface area contributed by atoms with Crippen LogP contribution in [0.3, 0.4) is 0 Å². The highest BCUT2D eigenvalue weighted by Gasteiger charge is 2.25. The van der Waals surface area contributed by atoms with Crippen LogP contribution < -0.4 is 10.9 Å². The lowest BCUT2D eigenvalue weighted by Crippen LogP contribution is -2.31. The topological polar surface area (TPSA) is 103 Å². The van der Waals surface area contributed by atoms with Crippen LogP contribution in [0.2, 0.25) is 0 Å². The van der Waals surface area contributed by atoms with E-state index >= 15 is 0 Å². The summed E-state index contributed by atoms with van der Waals surface area (Å²) in [6.07, 6.45) is 1.66. The van der Waals surface area contributed by atoms with Crippen molar-refractivity contribution in [1.29, 1.82) is 0 Å². The molecule has 3 rings (SSSR count). The molecule has 0 saturated heterocycles. The van der Waals surface area contributed by atoms with Gasteiger partial charge in [-0.15, -0.1) is 0 Å². The molecule has 3 aromatic rings. The van der Waals surface area contributed by atoms with Crippen molar-refractivity contribution >= 4 is 5.91 Å². The van der Waals surface area contributed by atoms with Gasteiger partial charge in [-0.3, -0.25) is 9.59 Å². The van der Waals surface area contributed by atoms with Crippen molar-refractivity contribution in [2.24, 2.45) is 5.92 Å². The number of aryl methyl sites for hydroxylation is 1. The number of hydrogen-bond acceptors (Lipinski definition) is 6. The third-order valence-electron chi connectivity index (χ3n) is 3.87. The summed E-state index contributed by atoms with van der Waals surface area (Å²) in [6, 6.07) is 7.73. The fourth-order valence-corrected chi connectivity index (χ4v) is 2.51. The Bertz CT molecular complexity index is 954. The predicted molar refractivity (Wildman–Crippen MR) is 92.6 cm³/mol. The fraction of sp³-hybridized carbons (Fsp3) is 0.333. The summed E-state index contributed by atoms with van der Waals surface area (Å²) in [7, 11) is 0. The average molecular weight is 356 g/mol. The van der Waals surface area contributed by atoms with E-state index in [1.54, 1.807) is 37.4 Å². The molecule has 1 N–H and O–H groups in total. The minimum atomic E-state index is -0.422. The number of nitrogens with zero attached hydrogens (tertiary/aromatic N) is 3. The summed E-state index contributed by atoms with van der Waals surface area (Å²) in [6.45, 7) is 5.86. The number of furan rings is 1. The van der Waals surface area contributed by atoms with Crippen LogP contribution in [0.5, 0.6) is 0 Å². The van der Waals surface area contributed by atoms with Gasteiger partial charge in [0, 0.05) is 12.3 Å². The van der Waals surface area contributed by atoms with Gasteiger partial charge in [-0.05, 0) is 31.0 Å². The Labute approximate surface area is 149 Å². The fourth-order valence-electron chi connectivity index (χ4n) is 2.51. The second-order valence-electron chi connectivity index (χ2n) is 6.31. The Morgan fingerprint density at radius 3 is 2.73 bits per heavy atom. The number of pyridine rings is 1. The maximum absolute atomic E-state index is 12.5. The van der Waals surface area contributed by atoms with Gasteiger partial charge in [0.15, 0.2) is 11.6 Å². The van der Waals surface area contributed by atoms with Crippen LogP contribution in [0.25, 0.3) is 0 Å². The van der Waals surface area contributed by atoms with Crippen molar-refractivity contribution in [3.63, 3.8) is 0 Å². The molecule has 3 heterocycles. The van der Waals surface area contributed by atoms with Crippen LogP contribution in [0.1, 0.15) is 47.9 Å². The van der Waals surface area contributed by atoms with Crippen molar-refractivity contribution < 1.29 is 13.7 Å². The molecule has 0 unspecified atom stereocenters. The largest absolute Gasteiger partial charge is 0.454 e. The van der Waals surface area contributed by atoms with Gasteiger partial charge in [-0.25, -0.2) is 0 Å². The molecule has 0 aliphatic carbocycles. The van der Waals surface area contributed by atoms with Crippen LogP contribution >= 0.6 is 0 Å². The zero-order valence-electron chi connectivity index (χ0n) is 14.8. The first-order valence-corrected chi connectivity index (χ1v) is 8.29. The predicted octanol–water partition coefficient (Wildman–Crippen LogP) is 2.31. The lowest BCUT2D eigenvalue weighted by Gasteiger charge is -2.17. The first-order chi connectivity index (χ1) is 12.4. The van der Waals surface area contributed by atoms with Gasteiger partial charge < -0.3 is 18.8 Å². The molecule has 136 valence electrons. The van der Waals surface area contributed by atoms with Crippen molar-refractivity contribution in [2.45, 2.75) is 33.4 Å². The number of carbonyl (C=O) groups excluding carboxylic acids is 1. The number of nitrogens with one attached hydrogen (secondary N) is 1. The quantitative estimate of drug-likeness (QED) is 0.727. The van der Waals surface area contributed by atoms with Gasteiger partial charge in [0.2, 0.25) is 5.89 Å². The molecule has 26 heavy (non-hydrogen) atoms. The van der Waals surface area contributed by atoms with Crippen LogP contribution in [-0.2, 0) is 6.54 Å². The van der Waals surface area contributed by atoms with Crippen molar-refractivity contribution in [2.75, 3.05) is 0 Å². The molecule has 8 nitrogen and oxygen atoms in total. The maximum atomic E-state index is 12.5. The Hall–Kier alpha value is -3.16. The Morgan fingerprint density at radius 2 is 2.08 bits per heavy atom. The summed E-state index contributed by atoms with van der Waals surface area (Å²) in [5, 5.41) is 6.62. The van der Waals surface area contributed by atoms with Gasteiger partial charge in [0.1, 0.15) is 11.8 Å². The van der Waals surface area contributed by atoms with E-state index in [9.17, 15) is 9.59 Å². The summed E-state index contributed by atoms with van der Waals surface area (Å²) < 4.78 is 12.3. The number of hydrogen-bond donors (Lipinski definition) is 1. The highest BCUT2D eigenvalue weighted by Crippen LogP contribution is 2.21. The van der Waals surface area contributed by atoms with E-state index in [0.29, 0.717) is 17.5 Å². The maximum Gasteiger partial charge on any atom is 0.287 e. The molecule has 0 radical (unpaired) electrons. The van der Waals surface area contributed by atoms with Crippen LogP contribution in [0.15, 0.2) is 50.3 Å². The van der Waals surface area contributed by atoms with E-state index in [0.717, 1.165) is 0 Å². The van der Waals surface area contributed by atoms with Gasteiger partial charge in [0.25, 0.3) is 11.5 Å². The smallest absolute Gasteiger partial charge is 0.287 e. The van der Waals surface area contributed by atoms with Crippen molar-refractivity contribution in [1.82, 2.24) is 20.0 Å². The molecule has 0 aromatic carbocycles. The third-order valence-corrected chi connectivity index (χ3v) is 3.87. The summed E-state index contributed by atoms with van der Waals surface area (Å²) in [5.41, 5.74) is -0.137. The summed E-state index contributed by atoms with van der Waals surface area (Å²) in [4.78, 5) is 28.5. The molecule has 1 amide bonds. The molecule has 0 aliphatic heterocycles. The first kappa shape index (κ1) is 17.7. The number of amides is 1. The monoisotopic (exact) mass is 356 g/mol. The number of carbonyl (C=O) groups is 1. The standard InChI is InChI=1S/C18H20N4O4/c1-11(2)16(18-19-12(3)21-26-18)20-17(24)14-8-7-13(25-14)10-22-9-5-4-6-15(22)23/h4-9,11,16H,10H2,1-3H3,(H,20,24)/t16-/m1/s1. The van der Waals surface area contributed by atoms with E-state index in [1.165, 1.54) is 10.6 Å². The molecule has 0 fully saturated rings. The van der Waals surface area contributed by atoms with E-state index in [-0.39, 0.29) is 29.7 Å². The zero-order chi connectivity index (χ0) is 18.7. The summed E-state index contributed by atoms with van der Waals surface area (Å²) >= 11 is 0. The molecule has 0 spiro atoms. The van der Waals surface area contributed by atoms with Crippen molar-refractivity contribution in [3.05, 3.63) is 70.1 Å². The van der Waals surface area contributed by atoms with Crippen LogP contribution in [0.4, 0.5) is 0 Å². The van der Waals surface area contributed by atoms with E-state index in [2.05, 4.69) is 15.5 Å². The average Bonchev–Trinajstić information content (AvgIpc) is 3.23. The molecule has 0 saturated carbocycles. The molecule has 0 aliphatic rings. The Kier molecular flexibility index (Phi) is 5.01. The van der Waals surface area contributed by atoms with Crippen LogP contribution in [-0.4, -0.2) is 20.6 Å². The van der Waals surface area contributed by atoms with E-state index < -0.39 is 6.04 Å². The van der Waals surface area contributed by atoms with E-state index in [4.69, 9.17) is 8.94 Å². The lowest BCUT2D eigenvalue weighted by molar-refractivity contribution is 0.0883.